The van der Waals surface area contributed by atoms with Crippen LogP contribution in [0.2, 0.25) is 5.02 Å². The first-order chi connectivity index (χ1) is 14.9. The molecular formula is C24H25ClN2O3S. The van der Waals surface area contributed by atoms with E-state index in [9.17, 15) is 13.2 Å². The Labute approximate surface area is 188 Å². The van der Waals surface area contributed by atoms with Crippen molar-refractivity contribution in [2.45, 2.75) is 24.7 Å². The predicted octanol–water partition coefficient (Wildman–Crippen LogP) is 4.59. The van der Waals surface area contributed by atoms with Crippen LogP contribution < -0.4 is 9.62 Å². The van der Waals surface area contributed by atoms with Gasteiger partial charge in [0.05, 0.1) is 10.6 Å². The summed E-state index contributed by atoms with van der Waals surface area (Å²) >= 11 is 5.91. The van der Waals surface area contributed by atoms with Crippen LogP contribution in [0.25, 0.3) is 0 Å². The molecule has 0 radical (unpaired) electrons. The molecule has 1 N–H and O–H groups in total. The zero-order valence-electron chi connectivity index (χ0n) is 17.3. The number of hydrogen-bond acceptors (Lipinski definition) is 3. The molecule has 0 heterocycles. The molecule has 0 fully saturated rings. The van der Waals surface area contributed by atoms with E-state index in [2.05, 4.69) is 5.32 Å². The number of aryl methyl sites for hydroxylation is 2. The second-order valence-electron chi connectivity index (χ2n) is 7.19. The normalized spacial score (nSPS) is 11.2. The largest absolute Gasteiger partial charge is 0.355 e. The van der Waals surface area contributed by atoms with Gasteiger partial charge < -0.3 is 5.32 Å². The highest BCUT2D eigenvalue weighted by atomic mass is 35.5. The molecule has 162 valence electrons. The van der Waals surface area contributed by atoms with Crippen molar-refractivity contribution in [3.05, 3.63) is 95.0 Å². The van der Waals surface area contributed by atoms with Gasteiger partial charge in [0.1, 0.15) is 6.54 Å². The maximum absolute atomic E-state index is 13.3. The third-order valence-corrected chi connectivity index (χ3v) is 6.91. The predicted molar refractivity (Wildman–Crippen MR) is 125 cm³/mol. The number of amides is 1. The highest BCUT2D eigenvalue weighted by molar-refractivity contribution is 7.92. The fourth-order valence-electron chi connectivity index (χ4n) is 3.23. The SMILES string of the molecule is Cc1ccccc1N(CC(=O)NCCCc1ccccc1)S(=O)(=O)c1ccc(Cl)cc1. The third kappa shape index (κ3) is 6.09. The van der Waals surface area contributed by atoms with Crippen molar-refractivity contribution in [3.8, 4) is 0 Å². The van der Waals surface area contributed by atoms with Crippen LogP contribution in [-0.4, -0.2) is 27.4 Å². The number of para-hydroxylation sites is 1. The number of nitrogens with one attached hydrogen (secondary N) is 1. The van der Waals surface area contributed by atoms with Crippen molar-refractivity contribution in [2.24, 2.45) is 0 Å². The summed E-state index contributed by atoms with van der Waals surface area (Å²) in [6.45, 7) is 1.98. The van der Waals surface area contributed by atoms with Gasteiger partial charge in [-0.25, -0.2) is 8.42 Å². The molecule has 0 spiro atoms. The summed E-state index contributed by atoms with van der Waals surface area (Å²) in [6, 6.07) is 23.0. The van der Waals surface area contributed by atoms with Gasteiger partial charge in [-0.05, 0) is 61.2 Å². The molecule has 0 atom stereocenters. The molecule has 0 aliphatic rings. The number of benzene rings is 3. The number of hydrogen-bond donors (Lipinski definition) is 1. The number of carbonyl (C=O) groups is 1. The van der Waals surface area contributed by atoms with E-state index in [1.165, 1.54) is 29.8 Å². The Morgan fingerprint density at radius 1 is 0.935 bits per heavy atom. The maximum Gasteiger partial charge on any atom is 0.264 e. The van der Waals surface area contributed by atoms with Crippen LogP contribution in [0.3, 0.4) is 0 Å². The summed E-state index contributed by atoms with van der Waals surface area (Å²) in [4.78, 5) is 12.7. The Bertz CT molecular complexity index is 1120. The lowest BCUT2D eigenvalue weighted by molar-refractivity contribution is -0.119. The molecule has 5 nitrogen and oxygen atoms in total. The third-order valence-electron chi connectivity index (χ3n) is 4.88. The zero-order valence-corrected chi connectivity index (χ0v) is 18.9. The maximum atomic E-state index is 13.3. The summed E-state index contributed by atoms with van der Waals surface area (Å²) in [7, 11) is -3.95. The quantitative estimate of drug-likeness (QED) is 0.479. The van der Waals surface area contributed by atoms with E-state index in [1.807, 2.05) is 49.4 Å². The van der Waals surface area contributed by atoms with E-state index in [-0.39, 0.29) is 17.3 Å². The lowest BCUT2D eigenvalue weighted by Gasteiger charge is -2.25. The molecule has 0 unspecified atom stereocenters. The number of rotatable bonds is 9. The Kier molecular flexibility index (Phi) is 7.71. The van der Waals surface area contributed by atoms with Crippen molar-refractivity contribution in [1.82, 2.24) is 5.32 Å². The fourth-order valence-corrected chi connectivity index (χ4v) is 4.84. The minimum absolute atomic E-state index is 0.0806. The van der Waals surface area contributed by atoms with Gasteiger partial charge in [-0.15, -0.1) is 0 Å². The van der Waals surface area contributed by atoms with E-state index in [0.29, 0.717) is 17.3 Å². The summed E-state index contributed by atoms with van der Waals surface area (Å²) in [5, 5.41) is 3.28. The van der Waals surface area contributed by atoms with Crippen molar-refractivity contribution in [1.29, 1.82) is 0 Å². The van der Waals surface area contributed by atoms with E-state index >= 15 is 0 Å². The Morgan fingerprint density at radius 2 is 1.58 bits per heavy atom. The summed E-state index contributed by atoms with van der Waals surface area (Å²) in [5.41, 5.74) is 2.43. The van der Waals surface area contributed by atoms with E-state index in [1.54, 1.807) is 12.1 Å². The fraction of sp³-hybridized carbons (Fsp3) is 0.208. The number of sulfonamides is 1. The number of nitrogens with zero attached hydrogens (tertiary/aromatic N) is 1. The second-order valence-corrected chi connectivity index (χ2v) is 9.49. The topological polar surface area (TPSA) is 66.5 Å². The first kappa shape index (κ1) is 22.8. The molecule has 0 aliphatic heterocycles. The minimum atomic E-state index is -3.95. The van der Waals surface area contributed by atoms with E-state index < -0.39 is 10.0 Å². The van der Waals surface area contributed by atoms with Crippen LogP contribution in [0.5, 0.6) is 0 Å². The van der Waals surface area contributed by atoms with Crippen molar-refractivity contribution in [3.63, 3.8) is 0 Å². The molecule has 3 aromatic carbocycles. The average molecular weight is 457 g/mol. The van der Waals surface area contributed by atoms with Gasteiger partial charge >= 0.3 is 0 Å². The lowest BCUT2D eigenvalue weighted by Crippen LogP contribution is -2.41. The standard InChI is InChI=1S/C24H25ClN2O3S/c1-19-8-5-6-12-23(19)27(31(29,30)22-15-13-21(25)14-16-22)18-24(28)26-17-7-11-20-9-3-2-4-10-20/h2-6,8-10,12-16H,7,11,17-18H2,1H3,(H,26,28). The zero-order chi connectivity index (χ0) is 22.3. The lowest BCUT2D eigenvalue weighted by atomic mass is 10.1. The smallest absolute Gasteiger partial charge is 0.264 e. The van der Waals surface area contributed by atoms with Crippen LogP contribution in [0.15, 0.2) is 83.8 Å². The van der Waals surface area contributed by atoms with Gasteiger partial charge in [0, 0.05) is 11.6 Å². The molecule has 0 bridgehead atoms. The van der Waals surface area contributed by atoms with Crippen LogP contribution in [0, 0.1) is 6.92 Å². The van der Waals surface area contributed by atoms with Gasteiger partial charge in [-0.2, -0.15) is 0 Å². The molecule has 3 rings (SSSR count). The molecule has 31 heavy (non-hydrogen) atoms. The first-order valence-corrected chi connectivity index (χ1v) is 11.8. The van der Waals surface area contributed by atoms with Gasteiger partial charge in [-0.3, -0.25) is 9.10 Å². The highest BCUT2D eigenvalue weighted by Crippen LogP contribution is 2.27. The molecular weight excluding hydrogens is 432 g/mol. The van der Waals surface area contributed by atoms with Crippen LogP contribution >= 0.6 is 11.6 Å². The van der Waals surface area contributed by atoms with Gasteiger partial charge in [-0.1, -0.05) is 60.1 Å². The molecule has 0 saturated carbocycles. The molecule has 0 aromatic heterocycles. The van der Waals surface area contributed by atoms with Crippen molar-refractivity contribution < 1.29 is 13.2 Å². The molecule has 3 aromatic rings. The number of halogens is 1. The number of carbonyl (C=O) groups excluding carboxylic acids is 1. The molecule has 0 aliphatic carbocycles. The van der Waals surface area contributed by atoms with E-state index in [4.69, 9.17) is 11.6 Å². The number of anilines is 1. The van der Waals surface area contributed by atoms with Crippen molar-refractivity contribution >= 4 is 33.2 Å². The molecule has 7 heteroatoms. The van der Waals surface area contributed by atoms with Gasteiger partial charge in [0.25, 0.3) is 10.0 Å². The van der Waals surface area contributed by atoms with Gasteiger partial charge in [0.2, 0.25) is 5.91 Å². The summed E-state index contributed by atoms with van der Waals surface area (Å²) < 4.78 is 27.9. The van der Waals surface area contributed by atoms with Gasteiger partial charge in [0.15, 0.2) is 0 Å². The highest BCUT2D eigenvalue weighted by Gasteiger charge is 2.28. The molecule has 0 saturated heterocycles. The Morgan fingerprint density at radius 3 is 2.26 bits per heavy atom. The van der Waals surface area contributed by atoms with Crippen molar-refractivity contribution in [2.75, 3.05) is 17.4 Å². The van der Waals surface area contributed by atoms with Crippen LogP contribution in [-0.2, 0) is 21.2 Å². The second kappa shape index (κ2) is 10.5. The Balaban J connectivity index is 1.73. The monoisotopic (exact) mass is 456 g/mol. The average Bonchev–Trinajstić information content (AvgIpc) is 2.77. The van der Waals surface area contributed by atoms with Crippen LogP contribution in [0.1, 0.15) is 17.5 Å². The van der Waals surface area contributed by atoms with E-state index in [0.717, 1.165) is 22.7 Å². The summed E-state index contributed by atoms with van der Waals surface area (Å²) in [6.07, 6.45) is 1.61. The van der Waals surface area contributed by atoms with Crippen LogP contribution in [0.4, 0.5) is 5.69 Å². The summed E-state index contributed by atoms with van der Waals surface area (Å²) in [5.74, 6) is -0.353. The first-order valence-electron chi connectivity index (χ1n) is 10.0. The molecule has 1 amide bonds. The Hall–Kier alpha value is -2.83. The minimum Gasteiger partial charge on any atom is -0.355 e.